The molecule has 0 spiro atoms. The molecule has 20 heavy (non-hydrogen) atoms. The van der Waals surface area contributed by atoms with Gasteiger partial charge in [-0.1, -0.05) is 11.6 Å². The fourth-order valence-electron chi connectivity index (χ4n) is 1.59. The number of carbonyl (C=O) groups excluding carboxylic acids is 1. The molecule has 0 aliphatic heterocycles. The van der Waals surface area contributed by atoms with E-state index in [1.807, 2.05) is 0 Å². The Hall–Kier alpha value is -2.14. The summed E-state index contributed by atoms with van der Waals surface area (Å²) >= 11 is 5.60. The van der Waals surface area contributed by atoms with Gasteiger partial charge in [0.2, 0.25) is 0 Å². The zero-order valence-corrected chi connectivity index (χ0v) is 11.2. The standard InChI is InChI=1S/C14H10ClF2NO2/c1-20-9-3-4-10(11(16)7-9)14(19)18-13-5-2-8(15)6-12(13)17/h2-7H,1H3,(H,18,19). The number of rotatable bonds is 3. The zero-order chi connectivity index (χ0) is 14.7. The van der Waals surface area contributed by atoms with Crippen LogP contribution in [0.1, 0.15) is 10.4 Å². The highest BCUT2D eigenvalue weighted by molar-refractivity contribution is 6.30. The average Bonchev–Trinajstić information content (AvgIpc) is 2.41. The van der Waals surface area contributed by atoms with Crippen molar-refractivity contribution in [3.63, 3.8) is 0 Å². The number of methoxy groups -OCH3 is 1. The smallest absolute Gasteiger partial charge is 0.258 e. The molecule has 3 nitrogen and oxygen atoms in total. The van der Waals surface area contributed by atoms with Gasteiger partial charge in [0.05, 0.1) is 18.4 Å². The van der Waals surface area contributed by atoms with Crippen molar-refractivity contribution in [1.29, 1.82) is 0 Å². The highest BCUT2D eigenvalue weighted by atomic mass is 35.5. The molecule has 0 fully saturated rings. The van der Waals surface area contributed by atoms with Crippen molar-refractivity contribution < 1.29 is 18.3 Å². The van der Waals surface area contributed by atoms with Gasteiger partial charge in [0.15, 0.2) is 0 Å². The molecule has 0 aliphatic rings. The molecule has 0 aliphatic carbocycles. The van der Waals surface area contributed by atoms with E-state index in [0.29, 0.717) is 0 Å². The van der Waals surface area contributed by atoms with E-state index in [1.54, 1.807) is 0 Å². The van der Waals surface area contributed by atoms with Gasteiger partial charge in [-0.3, -0.25) is 4.79 Å². The largest absolute Gasteiger partial charge is 0.497 e. The summed E-state index contributed by atoms with van der Waals surface area (Å²) in [6.07, 6.45) is 0. The van der Waals surface area contributed by atoms with Crippen LogP contribution >= 0.6 is 11.6 Å². The lowest BCUT2D eigenvalue weighted by Gasteiger charge is -2.08. The van der Waals surface area contributed by atoms with Gasteiger partial charge < -0.3 is 10.1 Å². The number of nitrogens with one attached hydrogen (secondary N) is 1. The molecular formula is C14H10ClF2NO2. The first-order valence-corrected chi connectivity index (χ1v) is 5.99. The molecule has 2 aromatic rings. The van der Waals surface area contributed by atoms with Crippen molar-refractivity contribution in [1.82, 2.24) is 0 Å². The van der Waals surface area contributed by atoms with Crippen LogP contribution in [0.15, 0.2) is 36.4 Å². The van der Waals surface area contributed by atoms with Crippen LogP contribution in [0.5, 0.6) is 5.75 Å². The average molecular weight is 298 g/mol. The number of amides is 1. The molecule has 1 amide bonds. The van der Waals surface area contributed by atoms with Crippen LogP contribution < -0.4 is 10.1 Å². The molecule has 0 atom stereocenters. The van der Waals surface area contributed by atoms with E-state index in [4.69, 9.17) is 16.3 Å². The summed E-state index contributed by atoms with van der Waals surface area (Å²) in [7, 11) is 1.39. The van der Waals surface area contributed by atoms with E-state index in [2.05, 4.69) is 5.32 Å². The maximum absolute atomic E-state index is 13.7. The van der Waals surface area contributed by atoms with E-state index in [9.17, 15) is 13.6 Å². The van der Waals surface area contributed by atoms with Crippen molar-refractivity contribution in [3.8, 4) is 5.75 Å². The molecule has 6 heteroatoms. The number of halogens is 3. The topological polar surface area (TPSA) is 38.3 Å². The number of benzene rings is 2. The summed E-state index contributed by atoms with van der Waals surface area (Å²) in [6, 6.07) is 7.56. The third kappa shape index (κ3) is 3.05. The van der Waals surface area contributed by atoms with E-state index in [1.165, 1.54) is 31.4 Å². The third-order valence-corrected chi connectivity index (χ3v) is 2.84. The third-order valence-electron chi connectivity index (χ3n) is 2.60. The molecule has 1 N–H and O–H groups in total. The highest BCUT2D eigenvalue weighted by Gasteiger charge is 2.14. The second-order valence-electron chi connectivity index (χ2n) is 3.92. The molecule has 2 aromatic carbocycles. The van der Waals surface area contributed by atoms with Gasteiger partial charge in [0.1, 0.15) is 17.4 Å². The van der Waals surface area contributed by atoms with Gasteiger partial charge in [-0.05, 0) is 30.3 Å². The monoisotopic (exact) mass is 297 g/mol. The molecule has 0 radical (unpaired) electrons. The highest BCUT2D eigenvalue weighted by Crippen LogP contribution is 2.21. The van der Waals surface area contributed by atoms with Gasteiger partial charge in [0.25, 0.3) is 5.91 Å². The van der Waals surface area contributed by atoms with Gasteiger partial charge >= 0.3 is 0 Å². The minimum absolute atomic E-state index is 0.0744. The zero-order valence-electron chi connectivity index (χ0n) is 10.4. The number of hydrogen-bond donors (Lipinski definition) is 1. The lowest BCUT2D eigenvalue weighted by atomic mass is 10.2. The van der Waals surface area contributed by atoms with Crippen molar-refractivity contribution in [3.05, 3.63) is 58.6 Å². The summed E-state index contributed by atoms with van der Waals surface area (Å²) < 4.78 is 32.1. The fraction of sp³-hybridized carbons (Fsp3) is 0.0714. The second kappa shape index (κ2) is 5.88. The summed E-state index contributed by atoms with van der Waals surface area (Å²) in [5, 5.41) is 2.48. The van der Waals surface area contributed by atoms with E-state index >= 15 is 0 Å². The molecule has 104 valence electrons. The fourth-order valence-corrected chi connectivity index (χ4v) is 1.75. The van der Waals surface area contributed by atoms with Crippen LogP contribution in [0.2, 0.25) is 5.02 Å². The summed E-state index contributed by atoms with van der Waals surface area (Å²) in [6.45, 7) is 0. The molecule has 2 rings (SSSR count). The van der Waals surface area contributed by atoms with Gasteiger partial charge in [0, 0.05) is 11.1 Å². The van der Waals surface area contributed by atoms with Crippen LogP contribution in [0.3, 0.4) is 0 Å². The first-order valence-electron chi connectivity index (χ1n) is 5.61. The van der Waals surface area contributed by atoms with Gasteiger partial charge in [-0.25, -0.2) is 8.78 Å². The molecule has 0 saturated carbocycles. The number of anilines is 1. The number of ether oxygens (including phenoxy) is 1. The minimum Gasteiger partial charge on any atom is -0.497 e. The van der Waals surface area contributed by atoms with E-state index in [-0.39, 0.29) is 22.0 Å². The van der Waals surface area contributed by atoms with E-state index < -0.39 is 17.5 Å². The Morgan fingerprint density at radius 1 is 1.15 bits per heavy atom. The minimum atomic E-state index is -0.758. The summed E-state index contributed by atoms with van der Waals surface area (Å²) in [5.41, 5.74) is -0.283. The molecule has 0 bridgehead atoms. The quantitative estimate of drug-likeness (QED) is 0.933. The first-order chi connectivity index (χ1) is 9.51. The Balaban J connectivity index is 2.24. The van der Waals surface area contributed by atoms with Gasteiger partial charge in [-0.15, -0.1) is 0 Å². The van der Waals surface area contributed by atoms with Crippen molar-refractivity contribution in [2.24, 2.45) is 0 Å². The predicted octanol–water partition coefficient (Wildman–Crippen LogP) is 3.88. The van der Waals surface area contributed by atoms with Crippen LogP contribution in [-0.4, -0.2) is 13.0 Å². The summed E-state index contributed by atoms with van der Waals surface area (Å²) in [4.78, 5) is 11.9. The van der Waals surface area contributed by atoms with E-state index in [0.717, 1.165) is 12.1 Å². The number of carbonyl (C=O) groups is 1. The van der Waals surface area contributed by atoms with Crippen LogP contribution in [0.25, 0.3) is 0 Å². The Bertz CT molecular complexity index is 662. The lowest BCUT2D eigenvalue weighted by Crippen LogP contribution is -2.14. The van der Waals surface area contributed by atoms with Crippen molar-refractivity contribution >= 4 is 23.2 Å². The lowest BCUT2D eigenvalue weighted by molar-refractivity contribution is 0.102. The molecule has 0 unspecified atom stereocenters. The SMILES string of the molecule is COc1ccc(C(=O)Nc2ccc(Cl)cc2F)c(F)c1. The van der Waals surface area contributed by atoms with Crippen molar-refractivity contribution in [2.45, 2.75) is 0 Å². The number of hydrogen-bond acceptors (Lipinski definition) is 2. The van der Waals surface area contributed by atoms with Gasteiger partial charge in [-0.2, -0.15) is 0 Å². The summed E-state index contributed by atoms with van der Waals surface area (Å²) in [5.74, 6) is -1.92. The molecule has 0 aromatic heterocycles. The Labute approximate surface area is 119 Å². The Morgan fingerprint density at radius 3 is 2.50 bits per heavy atom. The maximum Gasteiger partial charge on any atom is 0.258 e. The second-order valence-corrected chi connectivity index (χ2v) is 4.36. The predicted molar refractivity (Wildman–Crippen MR) is 72.3 cm³/mol. The van der Waals surface area contributed by atoms with Crippen molar-refractivity contribution in [2.75, 3.05) is 12.4 Å². The van der Waals surface area contributed by atoms with Crippen LogP contribution in [0, 0.1) is 11.6 Å². The van der Waals surface area contributed by atoms with Crippen LogP contribution in [-0.2, 0) is 0 Å². The first kappa shape index (κ1) is 14.3. The van der Waals surface area contributed by atoms with Crippen LogP contribution in [0.4, 0.5) is 14.5 Å². The Morgan fingerprint density at radius 2 is 1.90 bits per heavy atom. The maximum atomic E-state index is 13.7. The molecule has 0 saturated heterocycles. The molecule has 0 heterocycles. The normalized spacial score (nSPS) is 10.2. The molecular weight excluding hydrogens is 288 g/mol. The Kier molecular flexibility index (Phi) is 4.20.